The highest BCUT2D eigenvalue weighted by atomic mass is 16.5. The first kappa shape index (κ1) is 12.1. The van der Waals surface area contributed by atoms with Crippen LogP contribution in [0.2, 0.25) is 0 Å². The van der Waals surface area contributed by atoms with Gasteiger partial charge in [-0.15, -0.1) is 0 Å². The predicted octanol–water partition coefficient (Wildman–Crippen LogP) is -0.302. The molecule has 2 heterocycles. The van der Waals surface area contributed by atoms with Crippen molar-refractivity contribution in [3.63, 3.8) is 0 Å². The molecule has 0 bridgehead atoms. The third-order valence-corrected chi connectivity index (χ3v) is 3.06. The lowest BCUT2D eigenvalue weighted by Gasteiger charge is -2.38. The van der Waals surface area contributed by atoms with Gasteiger partial charge >= 0.3 is 0 Å². The average molecular weight is 238 g/mol. The maximum Gasteiger partial charge on any atom is 0.292 e. The predicted molar refractivity (Wildman–Crippen MR) is 62.6 cm³/mol. The van der Waals surface area contributed by atoms with E-state index >= 15 is 0 Å². The number of aryl methyl sites for hydroxylation is 1. The summed E-state index contributed by atoms with van der Waals surface area (Å²) in [7, 11) is 2.03. The standard InChI is InChI=1S/C11H18N4O2/c1-8-5-10(17-13-8)11(16)15-4-3-14(2)7-9(15)6-12/h5,9H,3-4,6-7,12H2,1-2H3. The van der Waals surface area contributed by atoms with Crippen molar-refractivity contribution in [2.24, 2.45) is 5.73 Å². The maximum absolute atomic E-state index is 12.2. The zero-order chi connectivity index (χ0) is 12.4. The Labute approximate surface area is 100 Å². The molecule has 2 rings (SSSR count). The molecule has 6 heteroatoms. The van der Waals surface area contributed by atoms with Gasteiger partial charge in [0.2, 0.25) is 5.76 Å². The van der Waals surface area contributed by atoms with Gasteiger partial charge in [0, 0.05) is 32.2 Å². The summed E-state index contributed by atoms with van der Waals surface area (Å²) in [5, 5.41) is 3.73. The van der Waals surface area contributed by atoms with E-state index < -0.39 is 0 Å². The molecule has 0 saturated carbocycles. The number of aromatic nitrogens is 1. The zero-order valence-corrected chi connectivity index (χ0v) is 10.2. The molecule has 1 atom stereocenters. The second kappa shape index (κ2) is 4.85. The summed E-state index contributed by atoms with van der Waals surface area (Å²) in [5.41, 5.74) is 6.42. The number of carbonyl (C=O) groups excluding carboxylic acids is 1. The smallest absolute Gasteiger partial charge is 0.292 e. The van der Waals surface area contributed by atoms with Crippen LogP contribution >= 0.6 is 0 Å². The zero-order valence-electron chi connectivity index (χ0n) is 10.2. The molecule has 1 amide bonds. The first-order chi connectivity index (χ1) is 8.11. The normalized spacial score (nSPS) is 21.8. The van der Waals surface area contributed by atoms with Gasteiger partial charge in [0.1, 0.15) is 0 Å². The van der Waals surface area contributed by atoms with Crippen LogP contribution in [0.15, 0.2) is 10.6 Å². The monoisotopic (exact) mass is 238 g/mol. The molecular weight excluding hydrogens is 220 g/mol. The summed E-state index contributed by atoms with van der Waals surface area (Å²) in [6, 6.07) is 1.71. The fourth-order valence-electron chi connectivity index (χ4n) is 2.09. The maximum atomic E-state index is 12.2. The molecule has 17 heavy (non-hydrogen) atoms. The lowest BCUT2D eigenvalue weighted by Crippen LogP contribution is -2.56. The van der Waals surface area contributed by atoms with Crippen molar-refractivity contribution in [3.8, 4) is 0 Å². The highest BCUT2D eigenvalue weighted by Gasteiger charge is 2.30. The molecule has 1 aliphatic rings. The van der Waals surface area contributed by atoms with Gasteiger partial charge in [0.25, 0.3) is 5.91 Å². The summed E-state index contributed by atoms with van der Waals surface area (Å²) >= 11 is 0. The van der Waals surface area contributed by atoms with Gasteiger partial charge in [0.05, 0.1) is 11.7 Å². The number of nitrogens with two attached hydrogens (primary N) is 1. The molecule has 0 aliphatic carbocycles. The van der Waals surface area contributed by atoms with Crippen LogP contribution in [-0.4, -0.2) is 60.1 Å². The number of likely N-dealkylation sites (N-methyl/N-ethyl adjacent to an activating group) is 1. The van der Waals surface area contributed by atoms with Gasteiger partial charge in [-0.1, -0.05) is 5.16 Å². The van der Waals surface area contributed by atoms with Gasteiger partial charge in [-0.3, -0.25) is 4.79 Å². The molecule has 0 aromatic carbocycles. The number of amides is 1. The molecule has 1 aromatic rings. The summed E-state index contributed by atoms with van der Waals surface area (Å²) in [6.45, 7) is 4.59. The molecule has 1 fully saturated rings. The molecular formula is C11H18N4O2. The van der Waals surface area contributed by atoms with Crippen molar-refractivity contribution in [3.05, 3.63) is 17.5 Å². The first-order valence-corrected chi connectivity index (χ1v) is 5.74. The minimum Gasteiger partial charge on any atom is -0.351 e. The summed E-state index contributed by atoms with van der Waals surface area (Å²) in [5.74, 6) is 0.180. The van der Waals surface area contributed by atoms with Crippen LogP contribution in [0, 0.1) is 6.92 Å². The van der Waals surface area contributed by atoms with Crippen LogP contribution in [0.25, 0.3) is 0 Å². The second-order valence-electron chi connectivity index (χ2n) is 4.48. The fraction of sp³-hybridized carbons (Fsp3) is 0.636. The Morgan fingerprint density at radius 1 is 1.65 bits per heavy atom. The molecule has 1 aromatic heterocycles. The Bertz CT molecular complexity index is 404. The molecule has 0 spiro atoms. The molecule has 1 aliphatic heterocycles. The molecule has 0 radical (unpaired) electrons. The van der Waals surface area contributed by atoms with Crippen molar-refractivity contribution in [2.45, 2.75) is 13.0 Å². The number of rotatable bonds is 2. The average Bonchev–Trinajstić information content (AvgIpc) is 2.75. The Morgan fingerprint density at radius 2 is 2.41 bits per heavy atom. The van der Waals surface area contributed by atoms with E-state index in [0.717, 1.165) is 13.1 Å². The van der Waals surface area contributed by atoms with Crippen LogP contribution in [0.4, 0.5) is 0 Å². The summed E-state index contributed by atoms with van der Waals surface area (Å²) < 4.78 is 5.00. The van der Waals surface area contributed by atoms with Crippen LogP contribution in [0.3, 0.4) is 0 Å². The van der Waals surface area contributed by atoms with E-state index in [9.17, 15) is 4.79 Å². The minimum absolute atomic E-state index is 0.0478. The summed E-state index contributed by atoms with van der Waals surface area (Å²) in [4.78, 5) is 16.2. The number of nitrogens with zero attached hydrogens (tertiary/aromatic N) is 3. The fourth-order valence-corrected chi connectivity index (χ4v) is 2.09. The number of piperazine rings is 1. The van der Waals surface area contributed by atoms with Gasteiger partial charge in [0.15, 0.2) is 0 Å². The van der Waals surface area contributed by atoms with E-state index in [1.807, 2.05) is 7.05 Å². The van der Waals surface area contributed by atoms with Crippen LogP contribution < -0.4 is 5.73 Å². The van der Waals surface area contributed by atoms with Crippen LogP contribution in [0.1, 0.15) is 16.2 Å². The van der Waals surface area contributed by atoms with Gasteiger partial charge in [-0.25, -0.2) is 0 Å². The molecule has 1 unspecified atom stereocenters. The lowest BCUT2D eigenvalue weighted by molar-refractivity contribution is 0.0477. The number of carbonyl (C=O) groups is 1. The van der Waals surface area contributed by atoms with E-state index in [1.54, 1.807) is 17.9 Å². The van der Waals surface area contributed by atoms with Crippen molar-refractivity contribution in [1.29, 1.82) is 0 Å². The molecule has 94 valence electrons. The SMILES string of the molecule is Cc1cc(C(=O)N2CCN(C)CC2CN)on1. The minimum atomic E-state index is -0.117. The van der Waals surface area contributed by atoms with Crippen molar-refractivity contribution >= 4 is 5.91 Å². The highest BCUT2D eigenvalue weighted by Crippen LogP contribution is 2.13. The Morgan fingerprint density at radius 3 is 3.00 bits per heavy atom. The Balaban J connectivity index is 2.13. The lowest BCUT2D eigenvalue weighted by atomic mass is 10.1. The first-order valence-electron chi connectivity index (χ1n) is 5.74. The topological polar surface area (TPSA) is 75.6 Å². The highest BCUT2D eigenvalue weighted by molar-refractivity contribution is 5.91. The van der Waals surface area contributed by atoms with Gasteiger partial charge in [-0.05, 0) is 14.0 Å². The van der Waals surface area contributed by atoms with Gasteiger partial charge in [-0.2, -0.15) is 0 Å². The Hall–Kier alpha value is -1.40. The largest absolute Gasteiger partial charge is 0.351 e. The van der Waals surface area contributed by atoms with E-state index in [2.05, 4.69) is 10.1 Å². The second-order valence-corrected chi connectivity index (χ2v) is 4.48. The molecule has 6 nitrogen and oxygen atoms in total. The Kier molecular flexibility index (Phi) is 3.44. The van der Waals surface area contributed by atoms with Crippen LogP contribution in [0.5, 0.6) is 0 Å². The number of hydrogen-bond acceptors (Lipinski definition) is 5. The van der Waals surface area contributed by atoms with Crippen molar-refractivity contribution in [1.82, 2.24) is 15.0 Å². The third kappa shape index (κ3) is 2.48. The van der Waals surface area contributed by atoms with E-state index in [-0.39, 0.29) is 11.9 Å². The van der Waals surface area contributed by atoms with E-state index in [1.165, 1.54) is 0 Å². The van der Waals surface area contributed by atoms with Gasteiger partial charge < -0.3 is 20.1 Å². The van der Waals surface area contributed by atoms with Crippen molar-refractivity contribution in [2.75, 3.05) is 33.2 Å². The number of hydrogen-bond donors (Lipinski definition) is 1. The quantitative estimate of drug-likeness (QED) is 0.765. The molecule has 2 N–H and O–H groups in total. The molecule has 1 saturated heterocycles. The third-order valence-electron chi connectivity index (χ3n) is 3.06. The van der Waals surface area contributed by atoms with Crippen LogP contribution in [-0.2, 0) is 0 Å². The van der Waals surface area contributed by atoms with Crippen molar-refractivity contribution < 1.29 is 9.32 Å². The summed E-state index contributed by atoms with van der Waals surface area (Å²) in [6.07, 6.45) is 0. The van der Waals surface area contributed by atoms with E-state index in [4.69, 9.17) is 10.3 Å². The van der Waals surface area contributed by atoms with E-state index in [0.29, 0.717) is 24.5 Å².